The topological polar surface area (TPSA) is 56.1 Å². The van der Waals surface area contributed by atoms with Crippen LogP contribution in [0, 0.1) is 11.3 Å². The molecule has 0 saturated heterocycles. The highest BCUT2D eigenvalue weighted by molar-refractivity contribution is 7.80. The van der Waals surface area contributed by atoms with Crippen LogP contribution in [0.25, 0.3) is 0 Å². The van der Waals surface area contributed by atoms with Gasteiger partial charge in [0.2, 0.25) is 5.91 Å². The molecule has 1 aromatic carbocycles. The van der Waals surface area contributed by atoms with Gasteiger partial charge in [-0.2, -0.15) is 17.9 Å². The first-order chi connectivity index (χ1) is 7.74. The normalized spacial score (nSPS) is 14.0. The molecule has 0 aromatic heterocycles. The molecular weight excluding hydrogens is 222 g/mol. The van der Waals surface area contributed by atoms with Crippen molar-refractivity contribution in [2.45, 2.75) is 0 Å². The quantitative estimate of drug-likeness (QED) is 0.756. The number of hydrogen-bond acceptors (Lipinski definition) is 4. The van der Waals surface area contributed by atoms with E-state index in [1.54, 1.807) is 12.1 Å². The Hall–Kier alpha value is -1.67. The van der Waals surface area contributed by atoms with Crippen LogP contribution in [-0.4, -0.2) is 24.7 Å². The van der Waals surface area contributed by atoms with E-state index in [0.29, 0.717) is 23.5 Å². The Morgan fingerprint density at radius 3 is 3.06 bits per heavy atom. The third-order valence-electron chi connectivity index (χ3n) is 2.44. The molecule has 2 rings (SSSR count). The number of carbonyl (C=O) groups is 1. The zero-order valence-electron chi connectivity index (χ0n) is 8.60. The van der Waals surface area contributed by atoms with Crippen LogP contribution in [-0.2, 0) is 4.79 Å². The molecule has 0 aliphatic carbocycles. The molecule has 1 heterocycles. The first-order valence-electron chi connectivity index (χ1n) is 4.94. The molecule has 0 atom stereocenters. The van der Waals surface area contributed by atoms with Crippen LogP contribution in [0.1, 0.15) is 5.56 Å². The largest absolute Gasteiger partial charge is 0.360 e. The smallest absolute Gasteiger partial charge is 0.243 e. The molecule has 5 heteroatoms. The number of fused-ring (bicyclic) bond motifs is 1. The maximum absolute atomic E-state index is 11.5. The lowest BCUT2D eigenvalue weighted by atomic mass is 10.1. The Labute approximate surface area is 99.3 Å². The summed E-state index contributed by atoms with van der Waals surface area (Å²) in [5.41, 5.74) is 2.21. The summed E-state index contributed by atoms with van der Waals surface area (Å²) in [4.78, 5) is 13.4. The summed E-state index contributed by atoms with van der Waals surface area (Å²) in [6, 6.07) is 7.36. The number of nitrogens with zero attached hydrogens (tertiary/aromatic N) is 2. The number of hydrogen-bond donors (Lipinski definition) is 2. The molecular formula is C11H11N3OS. The van der Waals surface area contributed by atoms with E-state index in [9.17, 15) is 4.79 Å². The second kappa shape index (κ2) is 4.45. The molecule has 1 aromatic rings. The highest BCUT2D eigenvalue weighted by atomic mass is 32.1. The first kappa shape index (κ1) is 10.8. The van der Waals surface area contributed by atoms with Crippen molar-refractivity contribution in [3.8, 4) is 6.07 Å². The minimum atomic E-state index is -0.0515. The zero-order valence-corrected chi connectivity index (χ0v) is 9.50. The maximum Gasteiger partial charge on any atom is 0.243 e. The summed E-state index contributed by atoms with van der Waals surface area (Å²) in [6.45, 7) is 1.06. The number of rotatable bonds is 2. The molecule has 4 nitrogen and oxygen atoms in total. The Balaban J connectivity index is 2.40. The van der Waals surface area contributed by atoms with E-state index in [4.69, 9.17) is 5.26 Å². The van der Waals surface area contributed by atoms with Crippen LogP contribution in [0.5, 0.6) is 0 Å². The van der Waals surface area contributed by atoms with Gasteiger partial charge in [-0.25, -0.2) is 0 Å². The minimum absolute atomic E-state index is 0.0515. The van der Waals surface area contributed by atoms with E-state index in [-0.39, 0.29) is 5.91 Å². The van der Waals surface area contributed by atoms with Gasteiger partial charge in [0.1, 0.15) is 0 Å². The maximum atomic E-state index is 11.5. The summed E-state index contributed by atoms with van der Waals surface area (Å²) >= 11 is 4.16. The van der Waals surface area contributed by atoms with Gasteiger partial charge >= 0.3 is 0 Å². The molecule has 0 spiro atoms. The van der Waals surface area contributed by atoms with Crippen molar-refractivity contribution in [1.29, 1.82) is 5.26 Å². The molecule has 1 aliphatic rings. The monoisotopic (exact) mass is 233 g/mol. The van der Waals surface area contributed by atoms with Gasteiger partial charge in [0.05, 0.1) is 29.6 Å². The van der Waals surface area contributed by atoms with E-state index in [1.807, 2.05) is 11.0 Å². The molecule has 0 saturated carbocycles. The molecule has 0 radical (unpaired) electrons. The summed E-state index contributed by atoms with van der Waals surface area (Å²) in [5, 5.41) is 11.6. The van der Waals surface area contributed by atoms with E-state index in [0.717, 1.165) is 12.2 Å². The fourth-order valence-corrected chi connectivity index (χ4v) is 1.99. The van der Waals surface area contributed by atoms with Gasteiger partial charge in [-0.3, -0.25) is 4.79 Å². The van der Waals surface area contributed by atoms with Crippen molar-refractivity contribution < 1.29 is 4.79 Å². The minimum Gasteiger partial charge on any atom is -0.360 e. The number of nitrogens with one attached hydrogen (secondary N) is 1. The van der Waals surface area contributed by atoms with Crippen LogP contribution in [0.3, 0.4) is 0 Å². The van der Waals surface area contributed by atoms with Crippen LogP contribution in [0.2, 0.25) is 0 Å². The average Bonchev–Trinajstić information content (AvgIpc) is 2.28. The molecule has 1 N–H and O–H groups in total. The van der Waals surface area contributed by atoms with Gasteiger partial charge in [0.25, 0.3) is 0 Å². The molecule has 0 fully saturated rings. The summed E-state index contributed by atoms with van der Waals surface area (Å²) < 4.78 is 0. The van der Waals surface area contributed by atoms with Crippen molar-refractivity contribution >= 4 is 29.9 Å². The zero-order chi connectivity index (χ0) is 11.5. The van der Waals surface area contributed by atoms with E-state index in [1.165, 1.54) is 0 Å². The Kier molecular flexibility index (Phi) is 3.02. The van der Waals surface area contributed by atoms with Crippen LogP contribution < -0.4 is 10.2 Å². The molecule has 0 bridgehead atoms. The van der Waals surface area contributed by atoms with Crippen molar-refractivity contribution in [1.82, 2.24) is 0 Å². The fourth-order valence-electron chi connectivity index (χ4n) is 1.75. The Morgan fingerprint density at radius 1 is 1.56 bits per heavy atom. The highest BCUT2D eigenvalue weighted by Gasteiger charge is 2.21. The third kappa shape index (κ3) is 1.97. The predicted octanol–water partition coefficient (Wildman–Crippen LogP) is 1.25. The molecule has 16 heavy (non-hydrogen) atoms. The van der Waals surface area contributed by atoms with E-state index in [2.05, 4.69) is 24.0 Å². The summed E-state index contributed by atoms with van der Waals surface area (Å²) in [6.07, 6.45) is 0. The first-order valence-corrected chi connectivity index (χ1v) is 5.57. The molecule has 82 valence electrons. The van der Waals surface area contributed by atoms with E-state index < -0.39 is 0 Å². The lowest BCUT2D eigenvalue weighted by Gasteiger charge is -2.30. The number of amides is 1. The van der Waals surface area contributed by atoms with Crippen molar-refractivity contribution in [2.24, 2.45) is 0 Å². The number of benzene rings is 1. The van der Waals surface area contributed by atoms with Crippen LogP contribution >= 0.6 is 12.6 Å². The summed E-state index contributed by atoms with van der Waals surface area (Å²) in [5.74, 6) is 0.636. The van der Waals surface area contributed by atoms with Crippen molar-refractivity contribution in [3.05, 3.63) is 23.8 Å². The number of nitriles is 1. The number of thiol groups is 1. The Bertz CT molecular complexity index is 467. The van der Waals surface area contributed by atoms with Gasteiger partial charge in [0, 0.05) is 12.3 Å². The summed E-state index contributed by atoms with van der Waals surface area (Å²) in [7, 11) is 0. The van der Waals surface area contributed by atoms with Crippen LogP contribution in [0.15, 0.2) is 18.2 Å². The molecule has 1 amide bonds. The van der Waals surface area contributed by atoms with Gasteiger partial charge in [0.15, 0.2) is 0 Å². The molecule has 0 unspecified atom stereocenters. The van der Waals surface area contributed by atoms with Crippen LogP contribution in [0.4, 0.5) is 11.4 Å². The van der Waals surface area contributed by atoms with Gasteiger partial charge in [-0.05, 0) is 18.2 Å². The lowest BCUT2D eigenvalue weighted by Crippen LogP contribution is -2.39. The SMILES string of the molecule is N#Cc1ccc2c(c1)NC(=O)CN2CCS. The predicted molar refractivity (Wildman–Crippen MR) is 65.9 cm³/mol. The van der Waals surface area contributed by atoms with Gasteiger partial charge in [-0.1, -0.05) is 0 Å². The average molecular weight is 233 g/mol. The fraction of sp³-hybridized carbons (Fsp3) is 0.273. The van der Waals surface area contributed by atoms with E-state index >= 15 is 0 Å². The van der Waals surface area contributed by atoms with Crippen molar-refractivity contribution in [2.75, 3.05) is 29.1 Å². The van der Waals surface area contributed by atoms with Gasteiger partial charge < -0.3 is 10.2 Å². The second-order valence-corrected chi connectivity index (χ2v) is 3.98. The highest BCUT2D eigenvalue weighted by Crippen LogP contribution is 2.29. The standard InChI is InChI=1S/C11H11N3OS/c12-6-8-1-2-10-9(5-8)13-11(15)7-14(10)3-4-16/h1-2,5,16H,3-4,7H2,(H,13,15). The molecule has 1 aliphatic heterocycles. The number of anilines is 2. The second-order valence-electron chi connectivity index (χ2n) is 3.54. The lowest BCUT2D eigenvalue weighted by molar-refractivity contribution is -0.115. The third-order valence-corrected chi connectivity index (χ3v) is 2.64. The van der Waals surface area contributed by atoms with Gasteiger partial charge in [-0.15, -0.1) is 0 Å². The number of carbonyl (C=O) groups excluding carboxylic acids is 1. The Morgan fingerprint density at radius 2 is 2.38 bits per heavy atom. The van der Waals surface area contributed by atoms with Crippen molar-refractivity contribution in [3.63, 3.8) is 0 Å².